The fourth-order valence-corrected chi connectivity index (χ4v) is 2.08. The summed E-state index contributed by atoms with van der Waals surface area (Å²) in [4.78, 5) is 10.9. The molecule has 0 unspecified atom stereocenters. The second-order valence-electron chi connectivity index (χ2n) is 5.55. The fraction of sp³-hybridized carbons (Fsp3) is 0.632. The van der Waals surface area contributed by atoms with Crippen LogP contribution in [0.3, 0.4) is 0 Å². The Morgan fingerprint density at radius 3 is 2.35 bits per heavy atom. The minimum atomic E-state index is -0.825. The van der Waals surface area contributed by atoms with Gasteiger partial charge in [0.15, 0.2) is 0 Å². The second-order valence-corrected chi connectivity index (χ2v) is 5.55. The van der Waals surface area contributed by atoms with Crippen molar-refractivity contribution in [3.63, 3.8) is 0 Å². The van der Waals surface area contributed by atoms with Crippen LogP contribution in [0.2, 0.25) is 0 Å². The van der Waals surface area contributed by atoms with E-state index in [2.05, 4.69) is 11.7 Å². The van der Waals surface area contributed by atoms with Gasteiger partial charge < -0.3 is 14.9 Å². The molecule has 0 bridgehead atoms. The maximum Gasteiger partial charge on any atom is 0.305 e. The highest BCUT2D eigenvalue weighted by Crippen LogP contribution is 2.11. The Bertz CT molecular complexity index is 372. The summed E-state index contributed by atoms with van der Waals surface area (Å²) < 4.78 is 4.58. The normalized spacial score (nSPS) is 14.8. The van der Waals surface area contributed by atoms with Crippen LogP contribution in [0.5, 0.6) is 0 Å². The molecule has 4 heteroatoms. The maximum atomic E-state index is 10.9. The molecule has 0 aromatic rings. The average Bonchev–Trinajstić information content (AvgIpc) is 2.56. The van der Waals surface area contributed by atoms with Crippen molar-refractivity contribution in [3.05, 3.63) is 36.5 Å². The van der Waals surface area contributed by atoms with E-state index in [-0.39, 0.29) is 5.97 Å². The monoisotopic (exact) mass is 324 g/mol. The number of carbonyl (C=O) groups excluding carboxylic acids is 1. The number of rotatable bonds is 13. The van der Waals surface area contributed by atoms with Gasteiger partial charge >= 0.3 is 5.97 Å². The van der Waals surface area contributed by atoms with Crippen LogP contribution in [-0.2, 0) is 9.53 Å². The summed E-state index contributed by atoms with van der Waals surface area (Å²) in [5.41, 5.74) is 0. The predicted molar refractivity (Wildman–Crippen MR) is 94.1 cm³/mol. The van der Waals surface area contributed by atoms with Crippen molar-refractivity contribution < 1.29 is 19.7 Å². The first-order valence-corrected chi connectivity index (χ1v) is 8.54. The minimum Gasteiger partial charge on any atom is -0.469 e. The van der Waals surface area contributed by atoms with E-state index in [1.54, 1.807) is 12.2 Å². The van der Waals surface area contributed by atoms with Crippen LogP contribution in [0.4, 0.5) is 0 Å². The zero-order chi connectivity index (χ0) is 17.3. The van der Waals surface area contributed by atoms with Gasteiger partial charge in [0, 0.05) is 6.42 Å². The van der Waals surface area contributed by atoms with Crippen molar-refractivity contribution in [2.24, 2.45) is 0 Å². The molecular weight excluding hydrogens is 292 g/mol. The molecule has 0 aliphatic carbocycles. The zero-order valence-corrected chi connectivity index (χ0v) is 14.5. The van der Waals surface area contributed by atoms with Gasteiger partial charge in [-0.25, -0.2) is 0 Å². The summed E-state index contributed by atoms with van der Waals surface area (Å²) in [5.74, 6) is -0.158. The summed E-state index contributed by atoms with van der Waals surface area (Å²) >= 11 is 0. The van der Waals surface area contributed by atoms with Crippen LogP contribution < -0.4 is 0 Å². The van der Waals surface area contributed by atoms with E-state index in [1.165, 1.54) is 7.11 Å². The molecule has 23 heavy (non-hydrogen) atoms. The minimum absolute atomic E-state index is 0.158. The molecule has 0 amide bonds. The lowest BCUT2D eigenvalue weighted by Gasteiger charge is -2.14. The topological polar surface area (TPSA) is 66.8 Å². The molecule has 2 N–H and O–H groups in total. The first-order chi connectivity index (χ1) is 11.1. The van der Waals surface area contributed by atoms with Gasteiger partial charge in [0.2, 0.25) is 0 Å². The highest BCUT2D eigenvalue weighted by atomic mass is 16.5. The second kappa shape index (κ2) is 15.5. The fourth-order valence-electron chi connectivity index (χ4n) is 2.08. The summed E-state index contributed by atoms with van der Waals surface area (Å²) in [6, 6.07) is 0. The van der Waals surface area contributed by atoms with Gasteiger partial charge in [-0.2, -0.15) is 0 Å². The van der Waals surface area contributed by atoms with Crippen molar-refractivity contribution in [1.82, 2.24) is 0 Å². The number of ether oxygens (including phenoxy) is 1. The number of aliphatic hydroxyl groups excluding tert-OH is 2. The lowest BCUT2D eigenvalue weighted by molar-refractivity contribution is -0.140. The molecule has 0 radical (unpaired) electrons. The van der Waals surface area contributed by atoms with Crippen molar-refractivity contribution in [1.29, 1.82) is 0 Å². The lowest BCUT2D eigenvalue weighted by atomic mass is 10.0. The number of unbranched alkanes of at least 4 members (excludes halogenated alkanes) is 4. The molecule has 0 saturated carbocycles. The average molecular weight is 324 g/mol. The van der Waals surface area contributed by atoms with Gasteiger partial charge in [0.25, 0.3) is 0 Å². The molecule has 0 spiro atoms. The molecule has 0 rings (SSSR count). The Morgan fingerprint density at radius 1 is 1.00 bits per heavy atom. The van der Waals surface area contributed by atoms with Crippen LogP contribution in [0.25, 0.3) is 0 Å². The quantitative estimate of drug-likeness (QED) is 0.308. The van der Waals surface area contributed by atoms with E-state index in [1.807, 2.05) is 24.3 Å². The van der Waals surface area contributed by atoms with E-state index < -0.39 is 12.2 Å². The van der Waals surface area contributed by atoms with Gasteiger partial charge in [0.1, 0.15) is 0 Å². The van der Waals surface area contributed by atoms with Gasteiger partial charge in [-0.1, -0.05) is 69.1 Å². The van der Waals surface area contributed by atoms with Crippen molar-refractivity contribution in [2.45, 2.75) is 70.5 Å². The molecule has 132 valence electrons. The van der Waals surface area contributed by atoms with Crippen LogP contribution in [-0.4, -0.2) is 35.5 Å². The third-order valence-electron chi connectivity index (χ3n) is 3.52. The molecule has 0 aliphatic rings. The molecule has 0 saturated heterocycles. The molecular formula is C19H32O4. The summed E-state index contributed by atoms with van der Waals surface area (Å²) in [6.45, 7) is 2.07. The summed E-state index contributed by atoms with van der Waals surface area (Å²) in [5, 5.41) is 19.7. The maximum absolute atomic E-state index is 10.9. The number of methoxy groups -OCH3 is 1. The smallest absolute Gasteiger partial charge is 0.305 e. The van der Waals surface area contributed by atoms with E-state index in [9.17, 15) is 15.0 Å². The SMILES string of the molecule is CC\C=C/C=C/C=C/[C@@H](O)[C@@H](O)CCCCCCCC(=O)OC. The van der Waals surface area contributed by atoms with Crippen molar-refractivity contribution in [2.75, 3.05) is 7.11 Å². The third-order valence-corrected chi connectivity index (χ3v) is 3.52. The molecule has 2 atom stereocenters. The van der Waals surface area contributed by atoms with Crippen LogP contribution in [0.1, 0.15) is 58.3 Å². The molecule has 0 aromatic heterocycles. The summed E-state index contributed by atoms with van der Waals surface area (Å²) in [6.07, 6.45) is 16.3. The number of hydrogen-bond donors (Lipinski definition) is 2. The zero-order valence-electron chi connectivity index (χ0n) is 14.5. The van der Waals surface area contributed by atoms with Crippen molar-refractivity contribution >= 4 is 5.97 Å². The highest BCUT2D eigenvalue weighted by molar-refractivity contribution is 5.68. The standard InChI is InChI=1S/C19H32O4/c1-3-4-5-6-8-11-14-17(20)18(21)15-12-9-7-10-13-16-19(22)23-2/h4-6,8,11,14,17-18,20-21H,3,7,9-10,12-13,15-16H2,1-2H3/b5-4-,8-6+,14-11+/t17-,18+/m1/s1. The Morgan fingerprint density at radius 2 is 1.65 bits per heavy atom. The van der Waals surface area contributed by atoms with Gasteiger partial charge in [-0.15, -0.1) is 0 Å². The van der Waals surface area contributed by atoms with E-state index in [0.29, 0.717) is 12.8 Å². The van der Waals surface area contributed by atoms with Crippen molar-refractivity contribution in [3.8, 4) is 0 Å². The third kappa shape index (κ3) is 14.0. The Labute approximate surface area is 140 Å². The first-order valence-electron chi connectivity index (χ1n) is 8.54. The summed E-state index contributed by atoms with van der Waals surface area (Å²) in [7, 11) is 1.40. The van der Waals surface area contributed by atoms with Crippen LogP contribution in [0.15, 0.2) is 36.5 Å². The molecule has 0 aromatic carbocycles. The molecule has 0 aliphatic heterocycles. The Balaban J connectivity index is 3.66. The van der Waals surface area contributed by atoms with Crippen LogP contribution >= 0.6 is 0 Å². The largest absolute Gasteiger partial charge is 0.469 e. The van der Waals surface area contributed by atoms with Gasteiger partial charge in [0.05, 0.1) is 19.3 Å². The lowest BCUT2D eigenvalue weighted by Crippen LogP contribution is -2.23. The number of hydrogen-bond acceptors (Lipinski definition) is 4. The number of carbonyl (C=O) groups is 1. The molecule has 0 fully saturated rings. The first kappa shape index (κ1) is 21.6. The molecule has 4 nitrogen and oxygen atoms in total. The Kier molecular flexibility index (Phi) is 14.6. The molecule has 0 heterocycles. The number of aliphatic hydroxyl groups is 2. The van der Waals surface area contributed by atoms with E-state index in [0.717, 1.165) is 38.5 Å². The van der Waals surface area contributed by atoms with Crippen LogP contribution in [0, 0.1) is 0 Å². The van der Waals surface area contributed by atoms with Gasteiger partial charge in [-0.05, 0) is 19.3 Å². The predicted octanol–water partition coefficient (Wildman–Crippen LogP) is 3.69. The van der Waals surface area contributed by atoms with E-state index in [4.69, 9.17) is 0 Å². The number of allylic oxidation sites excluding steroid dienone is 5. The number of esters is 1. The Hall–Kier alpha value is -1.39. The van der Waals surface area contributed by atoms with E-state index >= 15 is 0 Å². The highest BCUT2D eigenvalue weighted by Gasteiger charge is 2.11. The van der Waals surface area contributed by atoms with Gasteiger partial charge in [-0.3, -0.25) is 4.79 Å².